The first-order chi connectivity index (χ1) is 12.5. The molecule has 26 heavy (non-hydrogen) atoms. The maximum atomic E-state index is 5.80. The van der Waals surface area contributed by atoms with Crippen molar-refractivity contribution in [3.63, 3.8) is 0 Å². The molecule has 2 aromatic carbocycles. The molecule has 0 aromatic heterocycles. The first-order valence-corrected chi connectivity index (χ1v) is 8.98. The average molecular weight is 438 g/mol. The third-order valence-electron chi connectivity index (χ3n) is 3.26. The zero-order chi connectivity index (χ0) is 18.9. The number of halogens is 1. The largest absolute Gasteiger partial charge is 0.493 e. The first kappa shape index (κ1) is 20.0. The van der Waals surface area contributed by atoms with Gasteiger partial charge in [0, 0.05) is 0 Å². The fourth-order valence-electron chi connectivity index (χ4n) is 2.06. The number of benzene rings is 2. The van der Waals surface area contributed by atoms with Crippen LogP contribution < -0.4 is 25.4 Å². The lowest BCUT2D eigenvalue weighted by molar-refractivity contribution is 0.210. The monoisotopic (exact) mass is 437 g/mol. The molecular weight excluding hydrogens is 418 g/mol. The lowest BCUT2D eigenvalue weighted by Crippen LogP contribution is -2.23. The van der Waals surface area contributed by atoms with Gasteiger partial charge in [-0.15, -0.1) is 0 Å². The van der Waals surface area contributed by atoms with E-state index in [1.807, 2.05) is 37.3 Å². The van der Waals surface area contributed by atoms with Crippen molar-refractivity contribution in [1.29, 1.82) is 0 Å². The van der Waals surface area contributed by atoms with Crippen molar-refractivity contribution in [2.75, 3.05) is 20.3 Å². The van der Waals surface area contributed by atoms with Crippen LogP contribution in [0.3, 0.4) is 0 Å². The van der Waals surface area contributed by atoms with Gasteiger partial charge in [0.05, 0.1) is 17.8 Å². The molecule has 0 radical (unpaired) electrons. The molecule has 0 heterocycles. The van der Waals surface area contributed by atoms with Crippen LogP contribution >= 0.6 is 28.1 Å². The van der Waals surface area contributed by atoms with Crippen LogP contribution in [0.25, 0.3) is 0 Å². The Bertz CT molecular complexity index is 782. The van der Waals surface area contributed by atoms with Crippen LogP contribution in [0.4, 0.5) is 0 Å². The molecule has 0 bridgehead atoms. The summed E-state index contributed by atoms with van der Waals surface area (Å²) in [4.78, 5) is 0. The molecule has 0 aliphatic carbocycles. The lowest BCUT2D eigenvalue weighted by atomic mass is 10.2. The summed E-state index contributed by atoms with van der Waals surface area (Å²) >= 11 is 8.18. The zero-order valence-corrected chi connectivity index (χ0v) is 16.9. The molecule has 0 aliphatic rings. The van der Waals surface area contributed by atoms with E-state index in [9.17, 15) is 0 Å². The number of hydrogen-bond donors (Lipinski definition) is 2. The molecule has 0 spiro atoms. The number of hydrogen-bond acceptors (Lipinski definition) is 5. The lowest BCUT2D eigenvalue weighted by Gasteiger charge is -2.14. The standard InChI is InChI=1S/C18H20BrN3O3S/c1-12-3-5-14(6-4-12)24-7-8-25-17-15(19)9-13(10-16(17)23-2)11-21-22-18(20)26/h3-6,9-11H,7-8H2,1-2H3,(H3,20,22,26)/b21-11+. The van der Waals surface area contributed by atoms with Crippen molar-refractivity contribution in [1.82, 2.24) is 5.43 Å². The van der Waals surface area contributed by atoms with E-state index in [0.717, 1.165) is 15.8 Å². The van der Waals surface area contributed by atoms with Crippen molar-refractivity contribution in [2.24, 2.45) is 10.8 Å². The Morgan fingerprint density at radius 1 is 1.23 bits per heavy atom. The Morgan fingerprint density at radius 3 is 2.58 bits per heavy atom. The van der Waals surface area contributed by atoms with E-state index in [-0.39, 0.29) is 5.11 Å². The predicted octanol–water partition coefficient (Wildman–Crippen LogP) is 3.39. The van der Waals surface area contributed by atoms with Crippen LogP contribution in [0, 0.1) is 6.92 Å². The summed E-state index contributed by atoms with van der Waals surface area (Å²) in [6.45, 7) is 2.82. The molecule has 0 unspecified atom stereocenters. The molecular formula is C18H20BrN3O3S. The van der Waals surface area contributed by atoms with Gasteiger partial charge in [-0.25, -0.2) is 0 Å². The Morgan fingerprint density at radius 2 is 1.92 bits per heavy atom. The number of ether oxygens (including phenoxy) is 3. The van der Waals surface area contributed by atoms with Crippen LogP contribution in [-0.4, -0.2) is 31.7 Å². The number of rotatable bonds is 8. The summed E-state index contributed by atoms with van der Waals surface area (Å²) in [7, 11) is 1.58. The number of hydrazone groups is 1. The van der Waals surface area contributed by atoms with Crippen LogP contribution in [-0.2, 0) is 0 Å². The number of aryl methyl sites for hydroxylation is 1. The van der Waals surface area contributed by atoms with Crippen LogP contribution in [0.15, 0.2) is 46.0 Å². The van der Waals surface area contributed by atoms with Gasteiger partial charge in [0.25, 0.3) is 0 Å². The van der Waals surface area contributed by atoms with Crippen LogP contribution in [0.2, 0.25) is 0 Å². The van der Waals surface area contributed by atoms with Gasteiger partial charge >= 0.3 is 0 Å². The van der Waals surface area contributed by atoms with E-state index in [4.69, 9.17) is 32.2 Å². The molecule has 0 aliphatic heterocycles. The second-order valence-electron chi connectivity index (χ2n) is 5.28. The number of nitrogens with zero attached hydrogens (tertiary/aromatic N) is 1. The van der Waals surface area contributed by atoms with E-state index in [1.54, 1.807) is 19.4 Å². The first-order valence-electron chi connectivity index (χ1n) is 7.78. The Hall–Kier alpha value is -2.32. The molecule has 3 N–H and O–H groups in total. The topological polar surface area (TPSA) is 78.1 Å². The van der Waals surface area contributed by atoms with E-state index < -0.39 is 0 Å². The highest BCUT2D eigenvalue weighted by atomic mass is 79.9. The van der Waals surface area contributed by atoms with Gasteiger partial charge in [-0.3, -0.25) is 5.43 Å². The number of methoxy groups -OCH3 is 1. The molecule has 0 amide bonds. The highest BCUT2D eigenvalue weighted by Gasteiger charge is 2.11. The number of nitrogens with two attached hydrogens (primary N) is 1. The molecule has 2 rings (SSSR count). The molecule has 0 saturated carbocycles. The van der Waals surface area contributed by atoms with Gasteiger partial charge in [0.1, 0.15) is 19.0 Å². The van der Waals surface area contributed by atoms with E-state index >= 15 is 0 Å². The van der Waals surface area contributed by atoms with Crippen molar-refractivity contribution in [2.45, 2.75) is 6.92 Å². The minimum absolute atomic E-state index is 0.0980. The van der Waals surface area contributed by atoms with E-state index in [1.165, 1.54) is 5.56 Å². The summed E-state index contributed by atoms with van der Waals surface area (Å²) in [5.41, 5.74) is 9.81. The summed E-state index contributed by atoms with van der Waals surface area (Å²) in [6.07, 6.45) is 1.58. The van der Waals surface area contributed by atoms with Gasteiger partial charge in [0.2, 0.25) is 0 Å². The molecule has 0 fully saturated rings. The summed E-state index contributed by atoms with van der Waals surface area (Å²) < 4.78 is 17.6. The van der Waals surface area contributed by atoms with Crippen molar-refractivity contribution in [3.05, 3.63) is 52.0 Å². The maximum absolute atomic E-state index is 5.80. The highest BCUT2D eigenvalue weighted by Crippen LogP contribution is 2.36. The second kappa shape index (κ2) is 9.98. The molecule has 8 heteroatoms. The van der Waals surface area contributed by atoms with Gasteiger partial charge < -0.3 is 19.9 Å². The van der Waals surface area contributed by atoms with Gasteiger partial charge in [-0.05, 0) is 64.9 Å². The molecule has 0 saturated heterocycles. The fourth-order valence-corrected chi connectivity index (χ4v) is 2.69. The van der Waals surface area contributed by atoms with E-state index in [0.29, 0.717) is 24.7 Å². The average Bonchev–Trinajstić information content (AvgIpc) is 2.61. The molecule has 6 nitrogen and oxygen atoms in total. The normalized spacial score (nSPS) is 10.6. The Kier molecular flexibility index (Phi) is 7.68. The smallest absolute Gasteiger partial charge is 0.184 e. The van der Waals surface area contributed by atoms with Crippen LogP contribution in [0.1, 0.15) is 11.1 Å². The Balaban J connectivity index is 1.96. The van der Waals surface area contributed by atoms with Gasteiger partial charge in [-0.1, -0.05) is 17.7 Å². The summed E-state index contributed by atoms with van der Waals surface area (Å²) in [6, 6.07) is 11.5. The zero-order valence-electron chi connectivity index (χ0n) is 14.5. The van der Waals surface area contributed by atoms with Crippen molar-refractivity contribution >= 4 is 39.5 Å². The third kappa shape index (κ3) is 6.20. The van der Waals surface area contributed by atoms with Crippen molar-refractivity contribution < 1.29 is 14.2 Å². The predicted molar refractivity (Wildman–Crippen MR) is 110 cm³/mol. The SMILES string of the molecule is COc1cc(/C=N/NC(N)=S)cc(Br)c1OCCOc1ccc(C)cc1. The maximum Gasteiger partial charge on any atom is 0.184 e. The van der Waals surface area contributed by atoms with Gasteiger partial charge in [0.15, 0.2) is 16.6 Å². The number of nitrogens with one attached hydrogen (secondary N) is 1. The van der Waals surface area contributed by atoms with Gasteiger partial charge in [-0.2, -0.15) is 5.10 Å². The highest BCUT2D eigenvalue weighted by molar-refractivity contribution is 9.10. The minimum atomic E-state index is 0.0980. The fraction of sp³-hybridized carbons (Fsp3) is 0.222. The second-order valence-corrected chi connectivity index (χ2v) is 6.57. The third-order valence-corrected chi connectivity index (χ3v) is 3.94. The molecule has 0 atom stereocenters. The molecule has 2 aromatic rings. The number of thiocarbonyl (C=S) groups is 1. The minimum Gasteiger partial charge on any atom is -0.493 e. The van der Waals surface area contributed by atoms with Crippen molar-refractivity contribution in [3.8, 4) is 17.2 Å². The van der Waals surface area contributed by atoms with E-state index in [2.05, 4.69) is 26.5 Å². The quantitative estimate of drug-likeness (QED) is 0.285. The summed E-state index contributed by atoms with van der Waals surface area (Å²) in [5.74, 6) is 1.98. The Labute approximate surface area is 166 Å². The molecule has 138 valence electrons. The van der Waals surface area contributed by atoms with Crippen LogP contribution in [0.5, 0.6) is 17.2 Å². The summed E-state index contributed by atoms with van der Waals surface area (Å²) in [5, 5.41) is 4.02.